The Morgan fingerprint density at radius 1 is 1.38 bits per heavy atom. The summed E-state index contributed by atoms with van der Waals surface area (Å²) in [6.07, 6.45) is 3.20. The monoisotopic (exact) mass is 303 g/mol. The number of piperidine rings is 1. The third kappa shape index (κ3) is 3.11. The number of esters is 1. The molecule has 0 radical (unpaired) electrons. The Labute approximate surface area is 129 Å². The predicted octanol–water partition coefficient (Wildman–Crippen LogP) is 3.82. The van der Waals surface area contributed by atoms with Gasteiger partial charge in [0.1, 0.15) is 6.04 Å². The molecule has 1 aromatic carbocycles. The third-order valence-electron chi connectivity index (χ3n) is 4.11. The van der Waals surface area contributed by atoms with Crippen LogP contribution in [0.1, 0.15) is 31.7 Å². The van der Waals surface area contributed by atoms with Crippen LogP contribution in [0.4, 0.5) is 0 Å². The van der Waals surface area contributed by atoms with E-state index in [4.69, 9.17) is 4.74 Å². The number of ether oxygens (including phenoxy) is 1. The molecule has 1 fully saturated rings. The summed E-state index contributed by atoms with van der Waals surface area (Å²) in [6, 6.07) is 8.41. The first-order chi connectivity index (χ1) is 10.3. The molecule has 1 aromatic heterocycles. The molecule has 0 bridgehead atoms. The molecule has 1 atom stereocenters. The zero-order valence-electron chi connectivity index (χ0n) is 12.4. The molecule has 3 rings (SSSR count). The van der Waals surface area contributed by atoms with E-state index >= 15 is 0 Å². The molecule has 0 aliphatic carbocycles. The minimum absolute atomic E-state index is 0.0586. The van der Waals surface area contributed by atoms with E-state index < -0.39 is 0 Å². The lowest BCUT2D eigenvalue weighted by atomic mass is 10.0. The lowest BCUT2D eigenvalue weighted by molar-refractivity contribution is -0.151. The van der Waals surface area contributed by atoms with Crippen molar-refractivity contribution in [2.24, 2.45) is 0 Å². The van der Waals surface area contributed by atoms with Gasteiger partial charge in [0.15, 0.2) is 0 Å². The summed E-state index contributed by atoms with van der Waals surface area (Å²) in [6.45, 7) is 4.16. The molecule has 0 saturated carbocycles. The van der Waals surface area contributed by atoms with Crippen molar-refractivity contribution in [3.63, 3.8) is 0 Å². The average Bonchev–Trinajstić information content (AvgIpc) is 2.91. The number of carbonyl (C=O) groups is 1. The summed E-state index contributed by atoms with van der Waals surface area (Å²) >= 11 is 1.78. The van der Waals surface area contributed by atoms with Crippen LogP contribution in [-0.4, -0.2) is 30.1 Å². The summed E-state index contributed by atoms with van der Waals surface area (Å²) in [5.41, 5.74) is 1.33. The molecule has 4 heteroatoms. The van der Waals surface area contributed by atoms with Crippen LogP contribution < -0.4 is 0 Å². The number of hydrogen-bond donors (Lipinski definition) is 0. The second-order valence-electron chi connectivity index (χ2n) is 5.49. The number of rotatable bonds is 4. The van der Waals surface area contributed by atoms with E-state index in [0.717, 1.165) is 32.4 Å². The van der Waals surface area contributed by atoms with E-state index in [2.05, 4.69) is 34.5 Å². The van der Waals surface area contributed by atoms with Gasteiger partial charge in [0, 0.05) is 11.2 Å². The van der Waals surface area contributed by atoms with E-state index in [0.29, 0.717) is 6.61 Å². The third-order valence-corrected chi connectivity index (χ3v) is 5.12. The zero-order valence-corrected chi connectivity index (χ0v) is 13.2. The molecular formula is C17H21NO2S. The van der Waals surface area contributed by atoms with Gasteiger partial charge in [-0.05, 0) is 48.7 Å². The Hall–Kier alpha value is -1.39. The molecule has 1 aliphatic heterocycles. The van der Waals surface area contributed by atoms with E-state index in [1.54, 1.807) is 11.3 Å². The van der Waals surface area contributed by atoms with E-state index in [1.807, 2.05) is 6.92 Å². The summed E-state index contributed by atoms with van der Waals surface area (Å²) in [5.74, 6) is -0.0586. The fourth-order valence-electron chi connectivity index (χ4n) is 3.06. The van der Waals surface area contributed by atoms with Gasteiger partial charge in [0.25, 0.3) is 0 Å². The number of nitrogens with zero attached hydrogens (tertiary/aromatic N) is 1. The van der Waals surface area contributed by atoms with Crippen molar-refractivity contribution < 1.29 is 9.53 Å². The number of likely N-dealkylation sites (tertiary alicyclic amines) is 1. The molecular weight excluding hydrogens is 282 g/mol. The quantitative estimate of drug-likeness (QED) is 0.804. The van der Waals surface area contributed by atoms with Gasteiger partial charge in [0.05, 0.1) is 6.61 Å². The minimum Gasteiger partial charge on any atom is -0.465 e. The first kappa shape index (κ1) is 14.5. The highest BCUT2D eigenvalue weighted by molar-refractivity contribution is 7.17. The van der Waals surface area contributed by atoms with Crippen LogP contribution in [0.25, 0.3) is 10.1 Å². The van der Waals surface area contributed by atoms with Gasteiger partial charge in [-0.15, -0.1) is 11.3 Å². The second kappa shape index (κ2) is 6.58. The van der Waals surface area contributed by atoms with Crippen LogP contribution in [-0.2, 0) is 16.1 Å². The normalized spacial score (nSPS) is 19.8. The van der Waals surface area contributed by atoms with Gasteiger partial charge < -0.3 is 4.74 Å². The Balaban J connectivity index is 1.79. The Bertz CT molecular complexity index is 622. The first-order valence-corrected chi connectivity index (χ1v) is 8.53. The lowest BCUT2D eigenvalue weighted by Crippen LogP contribution is -2.44. The van der Waals surface area contributed by atoms with Crippen molar-refractivity contribution >= 4 is 27.4 Å². The van der Waals surface area contributed by atoms with E-state index in [1.165, 1.54) is 15.6 Å². The number of thiophene rings is 1. The highest BCUT2D eigenvalue weighted by Gasteiger charge is 2.30. The molecule has 0 spiro atoms. The van der Waals surface area contributed by atoms with Crippen molar-refractivity contribution in [1.82, 2.24) is 4.90 Å². The van der Waals surface area contributed by atoms with Crippen molar-refractivity contribution in [3.8, 4) is 0 Å². The van der Waals surface area contributed by atoms with Gasteiger partial charge >= 0.3 is 5.97 Å². The molecule has 0 N–H and O–H groups in total. The maximum absolute atomic E-state index is 12.1. The van der Waals surface area contributed by atoms with Gasteiger partial charge in [-0.3, -0.25) is 9.69 Å². The van der Waals surface area contributed by atoms with Gasteiger partial charge in [-0.25, -0.2) is 0 Å². The van der Waals surface area contributed by atoms with Crippen molar-refractivity contribution in [1.29, 1.82) is 0 Å². The van der Waals surface area contributed by atoms with Crippen LogP contribution in [0.3, 0.4) is 0 Å². The summed E-state index contributed by atoms with van der Waals surface area (Å²) in [7, 11) is 0. The predicted molar refractivity (Wildman–Crippen MR) is 86.5 cm³/mol. The molecule has 1 saturated heterocycles. The minimum atomic E-state index is -0.0719. The first-order valence-electron chi connectivity index (χ1n) is 7.65. The molecule has 3 nitrogen and oxygen atoms in total. The summed E-state index contributed by atoms with van der Waals surface area (Å²) in [4.78, 5) is 14.4. The second-order valence-corrected chi connectivity index (χ2v) is 6.40. The zero-order chi connectivity index (χ0) is 14.7. The Morgan fingerprint density at radius 3 is 3.10 bits per heavy atom. The van der Waals surface area contributed by atoms with Crippen molar-refractivity contribution in [3.05, 3.63) is 35.2 Å². The maximum Gasteiger partial charge on any atom is 0.323 e. The fraction of sp³-hybridized carbons (Fsp3) is 0.471. The molecule has 2 aromatic rings. The summed E-state index contributed by atoms with van der Waals surface area (Å²) < 4.78 is 6.56. The largest absolute Gasteiger partial charge is 0.465 e. The average molecular weight is 303 g/mol. The number of carbonyl (C=O) groups excluding carboxylic acids is 1. The topological polar surface area (TPSA) is 29.5 Å². The number of benzene rings is 1. The van der Waals surface area contributed by atoms with Gasteiger partial charge in [-0.2, -0.15) is 0 Å². The van der Waals surface area contributed by atoms with Crippen molar-refractivity contribution in [2.75, 3.05) is 13.2 Å². The van der Waals surface area contributed by atoms with E-state index in [-0.39, 0.29) is 12.0 Å². The van der Waals surface area contributed by atoms with Crippen LogP contribution in [0, 0.1) is 0 Å². The molecule has 1 unspecified atom stereocenters. The number of fused-ring (bicyclic) bond motifs is 1. The van der Waals surface area contributed by atoms with Crippen LogP contribution in [0.2, 0.25) is 0 Å². The Morgan fingerprint density at radius 2 is 2.24 bits per heavy atom. The van der Waals surface area contributed by atoms with Gasteiger partial charge in [0.2, 0.25) is 0 Å². The van der Waals surface area contributed by atoms with Crippen molar-refractivity contribution in [2.45, 2.75) is 38.8 Å². The highest BCUT2D eigenvalue weighted by atomic mass is 32.1. The molecule has 0 amide bonds. The van der Waals surface area contributed by atoms with Gasteiger partial charge in [-0.1, -0.05) is 24.6 Å². The van der Waals surface area contributed by atoms with Crippen LogP contribution >= 0.6 is 11.3 Å². The maximum atomic E-state index is 12.1. The lowest BCUT2D eigenvalue weighted by Gasteiger charge is -2.33. The molecule has 21 heavy (non-hydrogen) atoms. The van der Waals surface area contributed by atoms with Crippen LogP contribution in [0.15, 0.2) is 29.6 Å². The molecule has 112 valence electrons. The van der Waals surface area contributed by atoms with E-state index in [9.17, 15) is 4.79 Å². The number of hydrogen-bond acceptors (Lipinski definition) is 4. The van der Waals surface area contributed by atoms with Crippen LogP contribution in [0.5, 0.6) is 0 Å². The smallest absolute Gasteiger partial charge is 0.323 e. The molecule has 2 heterocycles. The Kier molecular flexibility index (Phi) is 4.56. The SMILES string of the molecule is CCOC(=O)C1CCCCN1Cc1csc2ccccc12. The standard InChI is InChI=1S/C17H21NO2S/c1-2-20-17(19)15-8-5-6-10-18(15)11-13-12-21-16-9-4-3-7-14(13)16/h3-4,7,9,12,15H,2,5-6,8,10-11H2,1H3. The summed E-state index contributed by atoms with van der Waals surface area (Å²) in [5, 5.41) is 3.54. The highest BCUT2D eigenvalue weighted by Crippen LogP contribution is 2.29. The molecule has 1 aliphatic rings. The fourth-order valence-corrected chi connectivity index (χ4v) is 4.01.